The minimum absolute atomic E-state index is 0.125. The molecule has 1 aromatic carbocycles. The van der Waals surface area contributed by atoms with Crippen molar-refractivity contribution in [1.29, 1.82) is 0 Å². The van der Waals surface area contributed by atoms with Crippen LogP contribution < -0.4 is 0 Å². The molecule has 19 heavy (non-hydrogen) atoms. The molecular formula is C17H24O2. The van der Waals surface area contributed by atoms with Crippen LogP contribution in [-0.2, 0) is 11.2 Å². The average molecular weight is 260 g/mol. The summed E-state index contributed by atoms with van der Waals surface area (Å²) in [6.07, 6.45) is 7.94. The molecule has 0 saturated heterocycles. The second-order valence-corrected chi connectivity index (χ2v) is 6.00. The molecule has 2 atom stereocenters. The van der Waals surface area contributed by atoms with E-state index in [2.05, 4.69) is 24.3 Å². The van der Waals surface area contributed by atoms with Gasteiger partial charge in [0.1, 0.15) is 0 Å². The van der Waals surface area contributed by atoms with Crippen molar-refractivity contribution in [2.45, 2.75) is 57.2 Å². The number of hydrogen-bond acceptors (Lipinski definition) is 2. The van der Waals surface area contributed by atoms with Crippen molar-refractivity contribution in [3.63, 3.8) is 0 Å². The Hall–Kier alpha value is -0.860. The van der Waals surface area contributed by atoms with Crippen molar-refractivity contribution in [3.8, 4) is 0 Å². The number of fused-ring (bicyclic) bond motifs is 1. The summed E-state index contributed by atoms with van der Waals surface area (Å²) in [5.74, 6) is 0.541. The normalized spacial score (nSPS) is 25.2. The van der Waals surface area contributed by atoms with Gasteiger partial charge in [0.05, 0.1) is 18.8 Å². The smallest absolute Gasteiger partial charge is 0.0828 e. The Morgan fingerprint density at radius 3 is 2.84 bits per heavy atom. The lowest BCUT2D eigenvalue weighted by Crippen LogP contribution is -2.21. The van der Waals surface area contributed by atoms with Gasteiger partial charge in [0, 0.05) is 0 Å². The first-order valence-electron chi connectivity index (χ1n) is 7.72. The Bertz CT molecular complexity index is 409. The molecule has 2 aliphatic rings. The van der Waals surface area contributed by atoms with E-state index in [0.717, 1.165) is 25.9 Å². The van der Waals surface area contributed by atoms with Gasteiger partial charge in [-0.2, -0.15) is 0 Å². The van der Waals surface area contributed by atoms with Crippen molar-refractivity contribution in [1.82, 2.24) is 0 Å². The lowest BCUT2D eigenvalue weighted by Gasteiger charge is -2.27. The number of hydrogen-bond donors (Lipinski definition) is 1. The van der Waals surface area contributed by atoms with E-state index in [9.17, 15) is 5.11 Å². The SMILES string of the molecule is OC(CCC1OCCc2ccccc21)C1CCCC1. The number of aliphatic hydroxyl groups is 1. The van der Waals surface area contributed by atoms with E-state index < -0.39 is 0 Å². The van der Waals surface area contributed by atoms with Crippen LogP contribution in [0.4, 0.5) is 0 Å². The molecule has 1 N–H and O–H groups in total. The summed E-state index contributed by atoms with van der Waals surface area (Å²) in [6, 6.07) is 8.59. The van der Waals surface area contributed by atoms with Crippen LogP contribution in [0.1, 0.15) is 55.8 Å². The summed E-state index contributed by atoms with van der Waals surface area (Å²) in [5.41, 5.74) is 2.77. The van der Waals surface area contributed by atoms with Crippen LogP contribution >= 0.6 is 0 Å². The summed E-state index contributed by atoms with van der Waals surface area (Å²) >= 11 is 0. The number of ether oxygens (including phenoxy) is 1. The number of aliphatic hydroxyl groups excluding tert-OH is 1. The molecule has 1 aliphatic carbocycles. The third-order valence-corrected chi connectivity index (χ3v) is 4.76. The fourth-order valence-electron chi connectivity index (χ4n) is 3.62. The van der Waals surface area contributed by atoms with Gasteiger partial charge in [0.25, 0.3) is 0 Å². The van der Waals surface area contributed by atoms with E-state index in [4.69, 9.17) is 4.74 Å². The van der Waals surface area contributed by atoms with Gasteiger partial charge in [0.2, 0.25) is 0 Å². The molecule has 3 rings (SSSR count). The highest BCUT2D eigenvalue weighted by atomic mass is 16.5. The van der Waals surface area contributed by atoms with Crippen LogP contribution in [0.15, 0.2) is 24.3 Å². The first kappa shape index (κ1) is 13.1. The molecule has 0 amide bonds. The van der Waals surface area contributed by atoms with Crippen molar-refractivity contribution >= 4 is 0 Å². The molecule has 0 bridgehead atoms. The third-order valence-electron chi connectivity index (χ3n) is 4.76. The highest BCUT2D eigenvalue weighted by Crippen LogP contribution is 2.34. The van der Waals surface area contributed by atoms with Gasteiger partial charge < -0.3 is 9.84 Å². The topological polar surface area (TPSA) is 29.5 Å². The molecule has 0 radical (unpaired) electrons. The Morgan fingerprint density at radius 2 is 2.00 bits per heavy atom. The summed E-state index contributed by atoms with van der Waals surface area (Å²) < 4.78 is 5.91. The number of benzene rings is 1. The largest absolute Gasteiger partial charge is 0.393 e. The first-order chi connectivity index (χ1) is 9.34. The number of rotatable bonds is 4. The van der Waals surface area contributed by atoms with E-state index in [1.165, 1.54) is 36.8 Å². The molecule has 1 saturated carbocycles. The van der Waals surface area contributed by atoms with E-state index in [0.29, 0.717) is 5.92 Å². The molecule has 2 heteroatoms. The van der Waals surface area contributed by atoms with Gasteiger partial charge in [-0.15, -0.1) is 0 Å². The molecule has 1 heterocycles. The van der Waals surface area contributed by atoms with Crippen molar-refractivity contribution < 1.29 is 9.84 Å². The molecular weight excluding hydrogens is 236 g/mol. The third kappa shape index (κ3) is 3.01. The van der Waals surface area contributed by atoms with E-state index >= 15 is 0 Å². The van der Waals surface area contributed by atoms with Crippen LogP contribution in [0, 0.1) is 5.92 Å². The van der Waals surface area contributed by atoms with Gasteiger partial charge in [-0.05, 0) is 49.1 Å². The molecule has 0 aromatic heterocycles. The highest BCUT2D eigenvalue weighted by Gasteiger charge is 2.26. The zero-order chi connectivity index (χ0) is 13.1. The van der Waals surface area contributed by atoms with Gasteiger partial charge in [-0.25, -0.2) is 0 Å². The quantitative estimate of drug-likeness (QED) is 0.895. The Balaban J connectivity index is 1.58. The Labute approximate surface area is 115 Å². The summed E-state index contributed by atoms with van der Waals surface area (Å²) in [7, 11) is 0. The second-order valence-electron chi connectivity index (χ2n) is 6.00. The van der Waals surface area contributed by atoms with Crippen LogP contribution in [0.3, 0.4) is 0 Å². The van der Waals surface area contributed by atoms with E-state index in [1.807, 2.05) is 0 Å². The molecule has 1 fully saturated rings. The average Bonchev–Trinajstić information content (AvgIpc) is 2.99. The van der Waals surface area contributed by atoms with E-state index in [1.54, 1.807) is 0 Å². The summed E-state index contributed by atoms with van der Waals surface area (Å²) in [4.78, 5) is 0. The Morgan fingerprint density at radius 1 is 1.21 bits per heavy atom. The zero-order valence-corrected chi connectivity index (χ0v) is 11.6. The van der Waals surface area contributed by atoms with Crippen LogP contribution in [0.25, 0.3) is 0 Å². The summed E-state index contributed by atoms with van der Waals surface area (Å²) in [5, 5.41) is 10.3. The van der Waals surface area contributed by atoms with Gasteiger partial charge in [-0.3, -0.25) is 0 Å². The van der Waals surface area contributed by atoms with Crippen LogP contribution in [0.5, 0.6) is 0 Å². The standard InChI is InChI=1S/C17H24O2/c18-16(14-6-1-2-7-14)9-10-17-15-8-4-3-5-13(15)11-12-19-17/h3-5,8,14,16-18H,1-2,6-7,9-12H2. The minimum atomic E-state index is -0.125. The first-order valence-corrected chi connectivity index (χ1v) is 7.72. The van der Waals surface area contributed by atoms with Crippen LogP contribution in [-0.4, -0.2) is 17.8 Å². The predicted octanol–water partition coefficient (Wildman–Crippen LogP) is 3.63. The summed E-state index contributed by atoms with van der Waals surface area (Å²) in [6.45, 7) is 0.821. The fraction of sp³-hybridized carbons (Fsp3) is 0.647. The highest BCUT2D eigenvalue weighted by molar-refractivity contribution is 5.30. The predicted molar refractivity (Wildman–Crippen MR) is 76.0 cm³/mol. The molecule has 2 unspecified atom stereocenters. The zero-order valence-electron chi connectivity index (χ0n) is 11.6. The maximum atomic E-state index is 10.3. The van der Waals surface area contributed by atoms with Crippen molar-refractivity contribution in [2.75, 3.05) is 6.61 Å². The molecule has 104 valence electrons. The Kier molecular flexibility index (Phi) is 4.19. The van der Waals surface area contributed by atoms with E-state index in [-0.39, 0.29) is 12.2 Å². The maximum absolute atomic E-state index is 10.3. The van der Waals surface area contributed by atoms with Gasteiger partial charge in [0.15, 0.2) is 0 Å². The molecule has 0 spiro atoms. The maximum Gasteiger partial charge on any atom is 0.0828 e. The lowest BCUT2D eigenvalue weighted by molar-refractivity contribution is 0.0172. The molecule has 2 nitrogen and oxygen atoms in total. The van der Waals surface area contributed by atoms with Crippen molar-refractivity contribution in [2.24, 2.45) is 5.92 Å². The monoisotopic (exact) mass is 260 g/mol. The second kappa shape index (κ2) is 6.06. The van der Waals surface area contributed by atoms with Crippen LogP contribution in [0.2, 0.25) is 0 Å². The molecule has 1 aromatic rings. The lowest BCUT2D eigenvalue weighted by atomic mass is 9.91. The van der Waals surface area contributed by atoms with Gasteiger partial charge in [-0.1, -0.05) is 37.1 Å². The molecule has 1 aliphatic heterocycles. The van der Waals surface area contributed by atoms with Gasteiger partial charge >= 0.3 is 0 Å². The minimum Gasteiger partial charge on any atom is -0.393 e. The van der Waals surface area contributed by atoms with Crippen molar-refractivity contribution in [3.05, 3.63) is 35.4 Å². The fourth-order valence-corrected chi connectivity index (χ4v) is 3.62.